The SMILES string of the molecule is CNC(=O)c1noc2c1C(=O)C(SCC(=O)O)=CC2=O. The van der Waals surface area contributed by atoms with Crippen LogP contribution in [-0.4, -0.2) is 46.5 Å². The van der Waals surface area contributed by atoms with Gasteiger partial charge in [-0.2, -0.15) is 0 Å². The molecule has 0 saturated carbocycles. The Morgan fingerprint density at radius 1 is 1.45 bits per heavy atom. The molecule has 1 aromatic rings. The Morgan fingerprint density at radius 2 is 2.15 bits per heavy atom. The third kappa shape index (κ3) is 2.35. The Kier molecular flexibility index (Phi) is 3.70. The minimum Gasteiger partial charge on any atom is -0.481 e. The van der Waals surface area contributed by atoms with Crippen LogP contribution in [0.1, 0.15) is 31.4 Å². The molecule has 0 radical (unpaired) electrons. The fraction of sp³-hybridized carbons (Fsp3) is 0.182. The molecule has 0 aliphatic heterocycles. The van der Waals surface area contributed by atoms with E-state index in [1.165, 1.54) is 7.05 Å². The van der Waals surface area contributed by atoms with Gasteiger partial charge in [-0.15, -0.1) is 11.8 Å². The lowest BCUT2D eigenvalue weighted by Crippen LogP contribution is -2.23. The molecule has 0 bridgehead atoms. The van der Waals surface area contributed by atoms with Crippen molar-refractivity contribution in [1.82, 2.24) is 10.5 Å². The van der Waals surface area contributed by atoms with E-state index >= 15 is 0 Å². The van der Waals surface area contributed by atoms with Crippen molar-refractivity contribution in [3.05, 3.63) is 28.0 Å². The summed E-state index contributed by atoms with van der Waals surface area (Å²) in [5, 5.41) is 14.3. The summed E-state index contributed by atoms with van der Waals surface area (Å²) in [5.41, 5.74) is -0.521. The van der Waals surface area contributed by atoms with Gasteiger partial charge in [0.1, 0.15) is 5.56 Å². The molecule has 0 atom stereocenters. The highest BCUT2D eigenvalue weighted by Gasteiger charge is 2.35. The summed E-state index contributed by atoms with van der Waals surface area (Å²) < 4.78 is 4.72. The van der Waals surface area contributed by atoms with Crippen molar-refractivity contribution in [2.75, 3.05) is 12.8 Å². The van der Waals surface area contributed by atoms with Crippen molar-refractivity contribution >= 4 is 35.2 Å². The zero-order valence-corrected chi connectivity index (χ0v) is 10.9. The van der Waals surface area contributed by atoms with Crippen LogP contribution in [0.4, 0.5) is 0 Å². The summed E-state index contributed by atoms with van der Waals surface area (Å²) in [5.74, 6) is -3.76. The maximum absolute atomic E-state index is 12.2. The molecule has 1 aromatic heterocycles. The maximum Gasteiger partial charge on any atom is 0.313 e. The number of carbonyl (C=O) groups excluding carboxylic acids is 3. The van der Waals surface area contributed by atoms with E-state index in [0.717, 1.165) is 6.08 Å². The number of aromatic nitrogens is 1. The first kappa shape index (κ1) is 14.0. The van der Waals surface area contributed by atoms with Crippen molar-refractivity contribution in [2.24, 2.45) is 0 Å². The number of hydrogen-bond donors (Lipinski definition) is 2. The van der Waals surface area contributed by atoms with Gasteiger partial charge >= 0.3 is 5.97 Å². The molecule has 0 saturated heterocycles. The lowest BCUT2D eigenvalue weighted by Gasteiger charge is -2.09. The number of carboxylic acids is 1. The molecule has 0 aromatic carbocycles. The first-order valence-electron chi connectivity index (χ1n) is 5.32. The van der Waals surface area contributed by atoms with Crippen molar-refractivity contribution in [1.29, 1.82) is 0 Å². The number of fused-ring (bicyclic) bond motifs is 1. The highest BCUT2D eigenvalue weighted by atomic mass is 32.2. The quantitative estimate of drug-likeness (QED) is 0.801. The van der Waals surface area contributed by atoms with Gasteiger partial charge < -0.3 is 14.9 Å². The van der Waals surface area contributed by atoms with Crippen molar-refractivity contribution in [2.45, 2.75) is 0 Å². The van der Waals surface area contributed by atoms with Crippen LogP contribution in [-0.2, 0) is 4.79 Å². The molecule has 1 amide bonds. The number of aliphatic carboxylic acids is 1. The number of nitrogens with one attached hydrogen (secondary N) is 1. The van der Waals surface area contributed by atoms with E-state index < -0.39 is 23.4 Å². The summed E-state index contributed by atoms with van der Waals surface area (Å²) in [6, 6.07) is 0. The zero-order chi connectivity index (χ0) is 14.9. The first-order valence-corrected chi connectivity index (χ1v) is 6.31. The van der Waals surface area contributed by atoms with Gasteiger partial charge in [-0.3, -0.25) is 19.2 Å². The molecule has 104 valence electrons. The van der Waals surface area contributed by atoms with Crippen LogP contribution in [0.5, 0.6) is 0 Å². The monoisotopic (exact) mass is 296 g/mol. The summed E-state index contributed by atoms with van der Waals surface area (Å²) in [6.07, 6.45) is 0.983. The molecule has 0 unspecified atom stereocenters. The summed E-state index contributed by atoms with van der Waals surface area (Å²) in [7, 11) is 1.34. The molecule has 2 N–H and O–H groups in total. The van der Waals surface area contributed by atoms with Crippen molar-refractivity contribution < 1.29 is 28.8 Å². The molecule has 1 aliphatic carbocycles. The Labute approximate surface area is 116 Å². The molecule has 2 rings (SSSR count). The molecule has 0 spiro atoms. The minimum atomic E-state index is -1.13. The second-order valence-electron chi connectivity index (χ2n) is 3.70. The normalized spacial score (nSPS) is 13.8. The van der Waals surface area contributed by atoms with Crippen LogP contribution in [0.2, 0.25) is 0 Å². The zero-order valence-electron chi connectivity index (χ0n) is 10.1. The topological polar surface area (TPSA) is 127 Å². The van der Waals surface area contributed by atoms with E-state index in [2.05, 4.69) is 10.5 Å². The molecular weight excluding hydrogens is 288 g/mol. The van der Waals surface area contributed by atoms with Crippen molar-refractivity contribution in [3.63, 3.8) is 0 Å². The van der Waals surface area contributed by atoms with Gasteiger partial charge in [0.15, 0.2) is 5.69 Å². The van der Waals surface area contributed by atoms with E-state index in [1.807, 2.05) is 0 Å². The third-order valence-electron chi connectivity index (χ3n) is 2.42. The maximum atomic E-state index is 12.2. The molecular formula is C11H8N2O6S. The second-order valence-corrected chi connectivity index (χ2v) is 4.72. The molecule has 1 aliphatic rings. The standard InChI is InChI=1S/C11H8N2O6S/c1-12-11(18)8-7-9(17)5(20-3-6(15)16)2-4(14)10(7)19-13-8/h2H,3H2,1H3,(H,12,18)(H,15,16). The highest BCUT2D eigenvalue weighted by molar-refractivity contribution is 8.04. The van der Waals surface area contributed by atoms with Crippen LogP contribution < -0.4 is 5.32 Å². The van der Waals surface area contributed by atoms with Crippen LogP contribution in [0.25, 0.3) is 0 Å². The van der Waals surface area contributed by atoms with E-state index in [0.29, 0.717) is 11.8 Å². The number of Topliss-reactive ketones (excluding diaryl/α,β-unsaturated/α-hetero) is 1. The average molecular weight is 296 g/mol. The number of nitrogens with zero attached hydrogens (tertiary/aromatic N) is 1. The number of allylic oxidation sites excluding steroid dienone is 2. The number of carboxylic acid groups (broad SMARTS) is 1. The van der Waals surface area contributed by atoms with Crippen LogP contribution in [0.15, 0.2) is 15.5 Å². The average Bonchev–Trinajstić information content (AvgIpc) is 2.85. The van der Waals surface area contributed by atoms with Crippen molar-refractivity contribution in [3.8, 4) is 0 Å². The Morgan fingerprint density at radius 3 is 2.75 bits per heavy atom. The van der Waals surface area contributed by atoms with E-state index in [-0.39, 0.29) is 27.7 Å². The van der Waals surface area contributed by atoms with Gasteiger partial charge in [-0.1, -0.05) is 5.16 Å². The molecule has 8 nitrogen and oxygen atoms in total. The number of amides is 1. The predicted molar refractivity (Wildman–Crippen MR) is 66.7 cm³/mol. The Balaban J connectivity index is 2.40. The smallest absolute Gasteiger partial charge is 0.313 e. The van der Waals surface area contributed by atoms with Gasteiger partial charge in [0, 0.05) is 13.1 Å². The fourth-order valence-corrected chi connectivity index (χ4v) is 2.26. The van der Waals surface area contributed by atoms with Crippen LogP contribution >= 0.6 is 11.8 Å². The summed E-state index contributed by atoms with van der Waals surface area (Å²) in [4.78, 5) is 45.9. The third-order valence-corrected chi connectivity index (χ3v) is 3.43. The predicted octanol–water partition coefficient (Wildman–Crippen LogP) is 0.115. The van der Waals surface area contributed by atoms with Gasteiger partial charge in [-0.05, 0) is 0 Å². The fourth-order valence-electron chi connectivity index (χ4n) is 1.56. The number of ketones is 2. The largest absolute Gasteiger partial charge is 0.481 e. The molecule has 1 heterocycles. The second kappa shape index (κ2) is 5.29. The molecule has 9 heteroatoms. The van der Waals surface area contributed by atoms with E-state index in [4.69, 9.17) is 9.63 Å². The van der Waals surface area contributed by atoms with Gasteiger partial charge in [0.05, 0.1) is 10.7 Å². The molecule has 20 heavy (non-hydrogen) atoms. The first-order chi connectivity index (χ1) is 9.45. The summed E-state index contributed by atoms with van der Waals surface area (Å²) in [6.45, 7) is 0. The lowest BCUT2D eigenvalue weighted by atomic mass is 10.00. The lowest BCUT2D eigenvalue weighted by molar-refractivity contribution is -0.133. The number of thioether (sulfide) groups is 1. The van der Waals surface area contributed by atoms with E-state index in [9.17, 15) is 19.2 Å². The van der Waals surface area contributed by atoms with Gasteiger partial charge in [-0.25, -0.2) is 0 Å². The van der Waals surface area contributed by atoms with Gasteiger partial charge in [0.2, 0.25) is 17.3 Å². The molecule has 0 fully saturated rings. The minimum absolute atomic E-state index is 0.0572. The highest BCUT2D eigenvalue weighted by Crippen LogP contribution is 2.30. The Bertz CT molecular complexity index is 660. The van der Waals surface area contributed by atoms with Crippen LogP contribution in [0, 0.1) is 0 Å². The van der Waals surface area contributed by atoms with Gasteiger partial charge in [0.25, 0.3) is 5.91 Å². The van der Waals surface area contributed by atoms with Crippen LogP contribution in [0.3, 0.4) is 0 Å². The number of hydrogen-bond acceptors (Lipinski definition) is 7. The Hall–Kier alpha value is -2.42. The number of rotatable bonds is 4. The number of carbonyl (C=O) groups is 4. The summed E-state index contributed by atoms with van der Waals surface area (Å²) >= 11 is 0.702. The van der Waals surface area contributed by atoms with E-state index in [1.54, 1.807) is 0 Å².